The molecule has 0 radical (unpaired) electrons. The van der Waals surface area contributed by atoms with Gasteiger partial charge in [0.2, 0.25) is 0 Å². The van der Waals surface area contributed by atoms with Crippen LogP contribution in [0.1, 0.15) is 64.1 Å². The van der Waals surface area contributed by atoms with Gasteiger partial charge in [0, 0.05) is 31.2 Å². The summed E-state index contributed by atoms with van der Waals surface area (Å²) in [7, 11) is 0. The van der Waals surface area contributed by atoms with Crippen LogP contribution < -0.4 is 10.6 Å². The van der Waals surface area contributed by atoms with Crippen LogP contribution in [0.5, 0.6) is 0 Å². The Labute approximate surface area is 180 Å². The molecule has 2 aliphatic rings. The van der Waals surface area contributed by atoms with Gasteiger partial charge >= 0.3 is 0 Å². The zero-order chi connectivity index (χ0) is 20.7. The summed E-state index contributed by atoms with van der Waals surface area (Å²) >= 11 is 0. The molecule has 4 rings (SSSR count). The molecule has 0 unspecified atom stereocenters. The van der Waals surface area contributed by atoms with Crippen LogP contribution in [-0.2, 0) is 6.42 Å². The monoisotopic (exact) mass is 411 g/mol. The van der Waals surface area contributed by atoms with Gasteiger partial charge < -0.3 is 10.6 Å². The van der Waals surface area contributed by atoms with E-state index in [4.69, 9.17) is 4.99 Å². The van der Waals surface area contributed by atoms with Crippen molar-refractivity contribution in [1.29, 1.82) is 0 Å². The maximum atomic E-state index is 5.08. The van der Waals surface area contributed by atoms with Gasteiger partial charge in [-0.2, -0.15) is 0 Å². The molecule has 1 saturated heterocycles. The molecule has 1 aliphatic heterocycles. The molecule has 0 amide bonds. The highest BCUT2D eigenvalue weighted by Crippen LogP contribution is 2.35. The molecule has 0 aromatic carbocycles. The molecule has 0 atom stereocenters. The molecule has 2 aromatic heterocycles. The molecule has 1 saturated carbocycles. The number of rotatable bonds is 7. The Bertz CT molecular complexity index is 816. The lowest BCUT2D eigenvalue weighted by molar-refractivity contribution is 0.0407. The predicted molar refractivity (Wildman–Crippen MR) is 122 cm³/mol. The van der Waals surface area contributed by atoms with Crippen LogP contribution in [0, 0.1) is 0 Å². The molecule has 0 spiro atoms. The highest BCUT2D eigenvalue weighted by atomic mass is 15.3. The summed E-state index contributed by atoms with van der Waals surface area (Å²) in [5.74, 6) is 1.90. The van der Waals surface area contributed by atoms with Gasteiger partial charge in [0.25, 0.3) is 0 Å². The van der Waals surface area contributed by atoms with E-state index in [1.165, 1.54) is 64.5 Å². The minimum Gasteiger partial charge on any atom is -0.357 e. The maximum Gasteiger partial charge on any atom is 0.191 e. The Hall–Kier alpha value is -2.15. The minimum absolute atomic E-state index is 0.268. The molecule has 7 heteroatoms. The van der Waals surface area contributed by atoms with E-state index >= 15 is 0 Å². The van der Waals surface area contributed by atoms with Crippen LogP contribution in [0.2, 0.25) is 0 Å². The molecule has 30 heavy (non-hydrogen) atoms. The number of hydrogen-bond acceptors (Lipinski definition) is 4. The van der Waals surface area contributed by atoms with E-state index in [1.807, 2.05) is 24.4 Å². The smallest absolute Gasteiger partial charge is 0.191 e. The first kappa shape index (κ1) is 21.1. The number of aromatic nitrogens is 3. The SMILES string of the molecule is CCNC(=NCC1(N2CCCCC2)CCCCC1)NCCc1nnc2ccccn12. The number of hydrogen-bond donors (Lipinski definition) is 2. The fraction of sp³-hybridized carbons (Fsp3) is 0.696. The number of nitrogens with zero attached hydrogens (tertiary/aromatic N) is 5. The normalized spacial score (nSPS) is 20.4. The van der Waals surface area contributed by atoms with Gasteiger partial charge in [-0.15, -0.1) is 10.2 Å². The summed E-state index contributed by atoms with van der Waals surface area (Å²) in [6.45, 7) is 7.19. The highest BCUT2D eigenvalue weighted by molar-refractivity contribution is 5.79. The zero-order valence-electron chi connectivity index (χ0n) is 18.4. The van der Waals surface area contributed by atoms with E-state index < -0.39 is 0 Å². The highest BCUT2D eigenvalue weighted by Gasteiger charge is 2.38. The van der Waals surface area contributed by atoms with Crippen molar-refractivity contribution >= 4 is 11.6 Å². The molecule has 7 nitrogen and oxygen atoms in total. The average Bonchev–Trinajstić information content (AvgIpc) is 3.22. The molecule has 0 bridgehead atoms. The fourth-order valence-electron chi connectivity index (χ4n) is 5.07. The van der Waals surface area contributed by atoms with Gasteiger partial charge in [0.05, 0.1) is 6.54 Å². The number of aliphatic imine (C=N–C) groups is 1. The number of pyridine rings is 1. The lowest BCUT2D eigenvalue weighted by Gasteiger charge is -2.47. The first-order chi connectivity index (χ1) is 14.8. The number of guanidine groups is 1. The van der Waals surface area contributed by atoms with E-state index in [-0.39, 0.29) is 5.54 Å². The van der Waals surface area contributed by atoms with Crippen LogP contribution in [0.3, 0.4) is 0 Å². The standard InChI is InChI=1S/C23H37N7/c1-2-24-22(25-15-12-21-28-27-20-11-5-10-18-30(20)21)26-19-23(13-6-3-7-14-23)29-16-8-4-9-17-29/h5,10-11,18H,2-4,6-9,12-17,19H2,1H3,(H2,24,25,26). The van der Waals surface area contributed by atoms with Gasteiger partial charge in [-0.25, -0.2) is 0 Å². The first-order valence-corrected chi connectivity index (χ1v) is 11.9. The molecule has 3 heterocycles. The quantitative estimate of drug-likeness (QED) is 0.541. The largest absolute Gasteiger partial charge is 0.357 e. The lowest BCUT2D eigenvalue weighted by atomic mass is 9.79. The number of likely N-dealkylation sites (tertiary alicyclic amines) is 1. The van der Waals surface area contributed by atoms with Gasteiger partial charge in [0.1, 0.15) is 5.82 Å². The minimum atomic E-state index is 0.268. The summed E-state index contributed by atoms with van der Waals surface area (Å²) in [6.07, 6.45) is 13.6. The molecule has 164 valence electrons. The Kier molecular flexibility index (Phi) is 7.20. The summed E-state index contributed by atoms with van der Waals surface area (Å²) in [5, 5.41) is 15.5. The van der Waals surface area contributed by atoms with E-state index in [1.54, 1.807) is 0 Å². The van der Waals surface area contributed by atoms with Gasteiger partial charge in [-0.3, -0.25) is 14.3 Å². The fourth-order valence-corrected chi connectivity index (χ4v) is 5.07. The maximum absolute atomic E-state index is 5.08. The summed E-state index contributed by atoms with van der Waals surface area (Å²) < 4.78 is 2.05. The summed E-state index contributed by atoms with van der Waals surface area (Å²) in [5.41, 5.74) is 1.17. The van der Waals surface area contributed by atoms with Crippen molar-refractivity contribution in [2.75, 3.05) is 32.7 Å². The van der Waals surface area contributed by atoms with Crippen molar-refractivity contribution in [2.24, 2.45) is 4.99 Å². The number of fused-ring (bicyclic) bond motifs is 1. The topological polar surface area (TPSA) is 69.8 Å². The van der Waals surface area contributed by atoms with Gasteiger partial charge in [-0.05, 0) is 57.8 Å². The second kappa shape index (κ2) is 10.2. The second-order valence-corrected chi connectivity index (χ2v) is 8.75. The van der Waals surface area contributed by atoms with Gasteiger partial charge in [-0.1, -0.05) is 31.7 Å². The van der Waals surface area contributed by atoms with Crippen LogP contribution in [-0.4, -0.2) is 63.7 Å². The van der Waals surface area contributed by atoms with Gasteiger partial charge in [0.15, 0.2) is 11.6 Å². The van der Waals surface area contributed by atoms with E-state index in [0.29, 0.717) is 0 Å². The molecule has 2 N–H and O–H groups in total. The number of nitrogens with one attached hydrogen (secondary N) is 2. The zero-order valence-corrected chi connectivity index (χ0v) is 18.4. The molecule has 2 aromatic rings. The van der Waals surface area contributed by atoms with Crippen LogP contribution >= 0.6 is 0 Å². The van der Waals surface area contributed by atoms with Crippen LogP contribution in [0.25, 0.3) is 5.65 Å². The predicted octanol–water partition coefficient (Wildman–Crippen LogP) is 3.02. The van der Waals surface area contributed by atoms with Crippen molar-refractivity contribution in [1.82, 2.24) is 30.1 Å². The van der Waals surface area contributed by atoms with Crippen molar-refractivity contribution in [3.05, 3.63) is 30.2 Å². The third-order valence-corrected chi connectivity index (χ3v) is 6.71. The average molecular weight is 412 g/mol. The Morgan fingerprint density at radius 2 is 1.83 bits per heavy atom. The summed E-state index contributed by atoms with van der Waals surface area (Å²) in [4.78, 5) is 7.84. The summed E-state index contributed by atoms with van der Waals surface area (Å²) in [6, 6.07) is 5.99. The third-order valence-electron chi connectivity index (χ3n) is 6.71. The Morgan fingerprint density at radius 1 is 1.03 bits per heavy atom. The Morgan fingerprint density at radius 3 is 2.63 bits per heavy atom. The second-order valence-electron chi connectivity index (χ2n) is 8.75. The van der Waals surface area contributed by atoms with E-state index in [2.05, 4.69) is 37.1 Å². The van der Waals surface area contributed by atoms with Crippen LogP contribution in [0.15, 0.2) is 29.4 Å². The van der Waals surface area contributed by atoms with E-state index in [9.17, 15) is 0 Å². The molecular weight excluding hydrogens is 374 g/mol. The lowest BCUT2D eigenvalue weighted by Crippen LogP contribution is -2.54. The molecule has 2 fully saturated rings. The molecule has 1 aliphatic carbocycles. The van der Waals surface area contributed by atoms with Crippen molar-refractivity contribution in [2.45, 2.75) is 70.3 Å². The van der Waals surface area contributed by atoms with Crippen molar-refractivity contribution in [3.8, 4) is 0 Å². The number of piperidine rings is 1. The van der Waals surface area contributed by atoms with Crippen LogP contribution in [0.4, 0.5) is 0 Å². The third kappa shape index (κ3) is 4.94. The first-order valence-electron chi connectivity index (χ1n) is 11.9. The Balaban J connectivity index is 1.39. The van der Waals surface area contributed by atoms with E-state index in [0.717, 1.165) is 43.5 Å². The van der Waals surface area contributed by atoms with Crippen molar-refractivity contribution in [3.63, 3.8) is 0 Å². The molecular formula is C23H37N7. The van der Waals surface area contributed by atoms with Crippen molar-refractivity contribution < 1.29 is 0 Å².